The molecule has 1 aliphatic heterocycles. The topological polar surface area (TPSA) is 117 Å². The van der Waals surface area contributed by atoms with E-state index in [-0.39, 0.29) is 16.8 Å². The first-order valence-corrected chi connectivity index (χ1v) is 13.0. The van der Waals surface area contributed by atoms with Crippen molar-refractivity contribution >= 4 is 56.3 Å². The Hall–Kier alpha value is -2.47. The predicted octanol–water partition coefficient (Wildman–Crippen LogP) is 3.70. The molecule has 2 aromatic rings. The van der Waals surface area contributed by atoms with Gasteiger partial charge in [0.25, 0.3) is 5.91 Å². The van der Waals surface area contributed by atoms with Gasteiger partial charge < -0.3 is 9.52 Å². The van der Waals surface area contributed by atoms with Gasteiger partial charge in [-0.2, -0.15) is 0 Å². The quantitative estimate of drug-likeness (QED) is 0.450. The second-order valence-corrected chi connectivity index (χ2v) is 11.4. The second-order valence-electron chi connectivity index (χ2n) is 7.84. The minimum absolute atomic E-state index is 0.150. The van der Waals surface area contributed by atoms with Crippen LogP contribution in [-0.2, 0) is 19.6 Å². The van der Waals surface area contributed by atoms with Crippen LogP contribution in [0.25, 0.3) is 17.4 Å². The van der Waals surface area contributed by atoms with Gasteiger partial charge in [0, 0.05) is 17.7 Å². The van der Waals surface area contributed by atoms with Gasteiger partial charge in [-0.25, -0.2) is 13.1 Å². The zero-order valence-corrected chi connectivity index (χ0v) is 20.1. The van der Waals surface area contributed by atoms with Crippen LogP contribution in [0.4, 0.5) is 0 Å². The van der Waals surface area contributed by atoms with E-state index >= 15 is 0 Å². The van der Waals surface area contributed by atoms with Gasteiger partial charge in [0.1, 0.15) is 15.8 Å². The lowest BCUT2D eigenvalue weighted by Gasteiger charge is -2.32. The third kappa shape index (κ3) is 4.91. The molecule has 33 heavy (non-hydrogen) atoms. The molecule has 2 unspecified atom stereocenters. The number of hydrogen-bond donors (Lipinski definition) is 2. The van der Waals surface area contributed by atoms with Gasteiger partial charge in [-0.1, -0.05) is 30.4 Å². The van der Waals surface area contributed by atoms with Crippen molar-refractivity contribution in [2.75, 3.05) is 7.05 Å². The van der Waals surface area contributed by atoms with Crippen LogP contribution >= 0.6 is 24.0 Å². The fourth-order valence-electron chi connectivity index (χ4n) is 4.05. The molecule has 2 N–H and O–H groups in total. The highest BCUT2D eigenvalue weighted by Crippen LogP contribution is 2.39. The van der Waals surface area contributed by atoms with Crippen molar-refractivity contribution in [2.24, 2.45) is 5.92 Å². The molecule has 1 saturated heterocycles. The van der Waals surface area contributed by atoms with Gasteiger partial charge in [0.15, 0.2) is 0 Å². The first-order chi connectivity index (χ1) is 15.7. The number of thioether (sulfide) groups is 1. The van der Waals surface area contributed by atoms with Crippen molar-refractivity contribution < 1.29 is 27.5 Å². The molecule has 2 aliphatic rings. The highest BCUT2D eigenvalue weighted by atomic mass is 32.2. The summed E-state index contributed by atoms with van der Waals surface area (Å²) in [5.41, 5.74) is 0.694. The lowest BCUT2D eigenvalue weighted by atomic mass is 9.85. The summed E-state index contributed by atoms with van der Waals surface area (Å²) in [7, 11) is -2.17. The van der Waals surface area contributed by atoms with Crippen molar-refractivity contribution in [3.63, 3.8) is 0 Å². The molecule has 1 aliphatic carbocycles. The maximum Gasteiger partial charge on any atom is 0.306 e. The number of benzene rings is 1. The number of amides is 1. The molecule has 0 spiro atoms. The fraction of sp³-hybridized carbons (Fsp3) is 0.318. The summed E-state index contributed by atoms with van der Waals surface area (Å²) in [6, 6.07) is 9.53. The molecule has 4 rings (SSSR count). The third-order valence-electron chi connectivity index (χ3n) is 5.80. The SMILES string of the molecule is CNS(=O)(=O)c1ccc(-c2ccc(/C=C3/SC(=S)N(C4CCCC(C(=O)O)C4)C3=O)o2)cc1. The average molecular weight is 507 g/mol. The molecule has 2 heterocycles. The molecule has 2 fully saturated rings. The van der Waals surface area contributed by atoms with Crippen LogP contribution in [-0.4, -0.2) is 47.7 Å². The largest absolute Gasteiger partial charge is 0.481 e. The number of sulfonamides is 1. The first-order valence-electron chi connectivity index (χ1n) is 10.3. The zero-order valence-electron chi connectivity index (χ0n) is 17.7. The lowest BCUT2D eigenvalue weighted by Crippen LogP contribution is -2.42. The molecule has 0 radical (unpaired) electrons. The molecule has 1 saturated carbocycles. The zero-order chi connectivity index (χ0) is 23.8. The van der Waals surface area contributed by atoms with Gasteiger partial charge >= 0.3 is 5.97 Å². The van der Waals surface area contributed by atoms with E-state index in [0.717, 1.165) is 12.8 Å². The number of carboxylic acids is 1. The number of nitrogens with one attached hydrogen (secondary N) is 1. The molecule has 1 aromatic heterocycles. The summed E-state index contributed by atoms with van der Waals surface area (Å²) in [5.74, 6) is -0.535. The van der Waals surface area contributed by atoms with Crippen LogP contribution in [0.2, 0.25) is 0 Å². The Balaban J connectivity index is 1.51. The van der Waals surface area contributed by atoms with Crippen molar-refractivity contribution in [2.45, 2.75) is 36.6 Å². The molecule has 0 bridgehead atoms. The Labute approximate surface area is 201 Å². The van der Waals surface area contributed by atoms with Gasteiger partial charge in [0.05, 0.1) is 15.7 Å². The number of rotatable bonds is 6. The minimum atomic E-state index is -3.52. The Morgan fingerprint density at radius 1 is 1.24 bits per heavy atom. The number of nitrogens with zero attached hydrogens (tertiary/aromatic N) is 1. The standard InChI is InChI=1S/C22H22N2O6S3/c1-23-33(28,29)17-8-5-13(6-9-17)18-10-7-16(30-18)12-19-20(25)24(22(31)32-19)15-4-2-3-14(11-15)21(26)27/h5-10,12,14-15,23H,2-4,11H2,1H3,(H,26,27)/b19-12+. The van der Waals surface area contributed by atoms with Crippen LogP contribution in [0.5, 0.6) is 0 Å². The Kier molecular flexibility index (Phi) is 6.76. The summed E-state index contributed by atoms with van der Waals surface area (Å²) in [6.07, 6.45) is 4.12. The van der Waals surface area contributed by atoms with Gasteiger partial charge in [-0.05, 0) is 62.7 Å². The van der Waals surface area contributed by atoms with Crippen LogP contribution in [0.15, 0.2) is 50.6 Å². The fourth-order valence-corrected chi connectivity index (χ4v) is 6.16. The number of hydrogen-bond acceptors (Lipinski definition) is 7. The third-order valence-corrected chi connectivity index (χ3v) is 8.56. The maximum atomic E-state index is 13.0. The summed E-state index contributed by atoms with van der Waals surface area (Å²) >= 11 is 6.60. The summed E-state index contributed by atoms with van der Waals surface area (Å²) < 4.78 is 32.3. The van der Waals surface area contributed by atoms with Gasteiger partial charge in [0.2, 0.25) is 10.0 Å². The van der Waals surface area contributed by atoms with E-state index in [1.165, 1.54) is 30.9 Å². The number of carbonyl (C=O) groups excluding carboxylic acids is 1. The van der Waals surface area contributed by atoms with E-state index in [4.69, 9.17) is 16.6 Å². The van der Waals surface area contributed by atoms with Crippen LogP contribution in [0.3, 0.4) is 0 Å². The van der Waals surface area contributed by atoms with E-state index < -0.39 is 21.9 Å². The number of furan rings is 1. The second kappa shape index (κ2) is 9.41. The Bertz CT molecular complexity index is 1230. The van der Waals surface area contributed by atoms with E-state index in [1.54, 1.807) is 35.2 Å². The Morgan fingerprint density at radius 3 is 2.64 bits per heavy atom. The Morgan fingerprint density at radius 2 is 1.97 bits per heavy atom. The first kappa shape index (κ1) is 23.7. The number of carboxylic acid groups (broad SMARTS) is 1. The maximum absolute atomic E-state index is 13.0. The van der Waals surface area contributed by atoms with Crippen LogP contribution < -0.4 is 4.72 Å². The van der Waals surface area contributed by atoms with E-state index in [0.29, 0.717) is 39.2 Å². The van der Waals surface area contributed by atoms with E-state index in [1.807, 2.05) is 0 Å². The van der Waals surface area contributed by atoms with E-state index in [2.05, 4.69) is 4.72 Å². The predicted molar refractivity (Wildman–Crippen MR) is 129 cm³/mol. The molecule has 2 atom stereocenters. The van der Waals surface area contributed by atoms with Crippen LogP contribution in [0, 0.1) is 5.92 Å². The van der Waals surface area contributed by atoms with Crippen LogP contribution in [0.1, 0.15) is 31.4 Å². The molecular weight excluding hydrogens is 484 g/mol. The molecule has 11 heteroatoms. The highest BCUT2D eigenvalue weighted by molar-refractivity contribution is 8.26. The smallest absolute Gasteiger partial charge is 0.306 e. The summed E-state index contributed by atoms with van der Waals surface area (Å²) in [6.45, 7) is 0. The highest BCUT2D eigenvalue weighted by Gasteiger charge is 2.40. The molecular formula is C22H22N2O6S3. The molecule has 174 valence electrons. The van der Waals surface area contributed by atoms with Crippen molar-refractivity contribution in [3.05, 3.63) is 47.1 Å². The molecule has 1 amide bonds. The minimum Gasteiger partial charge on any atom is -0.481 e. The lowest BCUT2D eigenvalue weighted by molar-refractivity contribution is -0.144. The van der Waals surface area contributed by atoms with Gasteiger partial charge in [-0.3, -0.25) is 14.5 Å². The molecule has 1 aromatic carbocycles. The summed E-state index contributed by atoms with van der Waals surface area (Å²) in [4.78, 5) is 26.5. The molecule has 8 nitrogen and oxygen atoms in total. The van der Waals surface area contributed by atoms with Crippen molar-refractivity contribution in [1.82, 2.24) is 9.62 Å². The summed E-state index contributed by atoms with van der Waals surface area (Å²) in [5, 5.41) is 9.34. The number of thiocarbonyl (C=S) groups is 1. The van der Waals surface area contributed by atoms with Gasteiger partial charge in [-0.15, -0.1) is 0 Å². The van der Waals surface area contributed by atoms with E-state index in [9.17, 15) is 23.1 Å². The number of aliphatic carboxylic acids is 1. The average Bonchev–Trinajstić information content (AvgIpc) is 3.38. The number of carbonyl (C=O) groups is 2. The van der Waals surface area contributed by atoms with Crippen molar-refractivity contribution in [3.8, 4) is 11.3 Å². The normalized spacial score (nSPS) is 22.8. The monoisotopic (exact) mass is 506 g/mol. The van der Waals surface area contributed by atoms with Crippen molar-refractivity contribution in [1.29, 1.82) is 0 Å².